The molecule has 1 fully saturated rings. The first-order valence-electron chi connectivity index (χ1n) is 8.09. The lowest BCUT2D eigenvalue weighted by atomic mass is 9.86. The van der Waals surface area contributed by atoms with Crippen molar-refractivity contribution in [3.05, 3.63) is 29.6 Å². The summed E-state index contributed by atoms with van der Waals surface area (Å²) in [4.78, 5) is 36.2. The normalized spacial score (nSPS) is 19.8. The second kappa shape index (κ2) is 7.96. The number of benzene rings is 1. The maximum absolute atomic E-state index is 13.8. The molecule has 0 spiro atoms. The summed E-state index contributed by atoms with van der Waals surface area (Å²) in [6, 6.07) is 3.23. The molecule has 25 heavy (non-hydrogen) atoms. The molecule has 0 radical (unpaired) electrons. The lowest BCUT2D eigenvalue weighted by Crippen LogP contribution is -2.41. The highest BCUT2D eigenvalue weighted by Gasteiger charge is 2.26. The predicted octanol–water partition coefficient (Wildman–Crippen LogP) is 2.29. The van der Waals surface area contributed by atoms with Crippen LogP contribution in [0.25, 0.3) is 0 Å². The maximum atomic E-state index is 13.8. The van der Waals surface area contributed by atoms with Crippen LogP contribution in [0, 0.1) is 11.7 Å². The molecule has 7 nitrogen and oxygen atoms in total. The first kappa shape index (κ1) is 18.7. The van der Waals surface area contributed by atoms with Gasteiger partial charge < -0.3 is 20.6 Å². The fraction of sp³-hybridized carbons (Fsp3) is 0.471. The van der Waals surface area contributed by atoms with Gasteiger partial charge in [0.2, 0.25) is 0 Å². The Balaban J connectivity index is 1.94. The van der Waals surface area contributed by atoms with Gasteiger partial charge in [0.25, 0.3) is 5.91 Å². The molecule has 1 aromatic rings. The SMILES string of the molecule is CN(C)C(=O)c1cc(NC(=O)NC2CCC(C(=O)O)CC2)ccc1F. The number of amides is 3. The topological polar surface area (TPSA) is 98.7 Å². The second-order valence-electron chi connectivity index (χ2n) is 6.38. The number of carbonyl (C=O) groups excluding carboxylic acids is 2. The lowest BCUT2D eigenvalue weighted by Gasteiger charge is -2.26. The number of anilines is 1. The van der Waals surface area contributed by atoms with Crippen molar-refractivity contribution in [1.82, 2.24) is 10.2 Å². The Morgan fingerprint density at radius 3 is 2.36 bits per heavy atom. The molecule has 0 atom stereocenters. The zero-order chi connectivity index (χ0) is 18.6. The van der Waals surface area contributed by atoms with Crippen LogP contribution >= 0.6 is 0 Å². The molecule has 1 aliphatic rings. The van der Waals surface area contributed by atoms with E-state index in [0.717, 1.165) is 6.07 Å². The molecule has 0 saturated heterocycles. The summed E-state index contributed by atoms with van der Waals surface area (Å²) in [5, 5.41) is 14.3. The third kappa shape index (κ3) is 4.91. The molecule has 8 heteroatoms. The number of carbonyl (C=O) groups is 3. The lowest BCUT2D eigenvalue weighted by molar-refractivity contribution is -0.142. The van der Waals surface area contributed by atoms with Crippen LogP contribution < -0.4 is 10.6 Å². The average molecular weight is 351 g/mol. The minimum absolute atomic E-state index is 0.0982. The van der Waals surface area contributed by atoms with Gasteiger partial charge in [-0.25, -0.2) is 9.18 Å². The van der Waals surface area contributed by atoms with Crippen LogP contribution in [0.4, 0.5) is 14.9 Å². The number of carboxylic acids is 1. The number of carboxylic acid groups (broad SMARTS) is 1. The standard InChI is InChI=1S/C17H22FN3O4/c1-21(2)15(22)13-9-12(7-8-14(13)18)20-17(25)19-11-5-3-10(4-6-11)16(23)24/h7-11H,3-6H2,1-2H3,(H,23,24)(H2,19,20,25). The largest absolute Gasteiger partial charge is 0.481 e. The van der Waals surface area contributed by atoms with Gasteiger partial charge in [0.05, 0.1) is 11.5 Å². The summed E-state index contributed by atoms with van der Waals surface area (Å²) in [5.41, 5.74) is 0.188. The highest BCUT2D eigenvalue weighted by Crippen LogP contribution is 2.24. The Hall–Kier alpha value is -2.64. The van der Waals surface area contributed by atoms with Crippen molar-refractivity contribution < 1.29 is 23.9 Å². The minimum atomic E-state index is -0.799. The van der Waals surface area contributed by atoms with Gasteiger partial charge >= 0.3 is 12.0 Å². The Labute approximate surface area is 145 Å². The molecule has 3 amide bonds. The van der Waals surface area contributed by atoms with E-state index in [2.05, 4.69) is 10.6 Å². The number of halogens is 1. The van der Waals surface area contributed by atoms with Crippen molar-refractivity contribution in [3.8, 4) is 0 Å². The van der Waals surface area contributed by atoms with E-state index in [0.29, 0.717) is 31.4 Å². The Morgan fingerprint density at radius 2 is 1.80 bits per heavy atom. The van der Waals surface area contributed by atoms with Gasteiger partial charge in [-0.2, -0.15) is 0 Å². The summed E-state index contributed by atoms with van der Waals surface area (Å²) >= 11 is 0. The van der Waals surface area contributed by atoms with Crippen molar-refractivity contribution in [1.29, 1.82) is 0 Å². The zero-order valence-corrected chi connectivity index (χ0v) is 14.2. The van der Waals surface area contributed by atoms with Gasteiger partial charge in [0.15, 0.2) is 0 Å². The first-order valence-corrected chi connectivity index (χ1v) is 8.09. The molecular formula is C17H22FN3O4. The van der Waals surface area contributed by atoms with Gasteiger partial charge in [0, 0.05) is 25.8 Å². The van der Waals surface area contributed by atoms with Crippen molar-refractivity contribution in [2.45, 2.75) is 31.7 Å². The zero-order valence-electron chi connectivity index (χ0n) is 14.2. The molecule has 0 unspecified atom stereocenters. The molecular weight excluding hydrogens is 329 g/mol. The highest BCUT2D eigenvalue weighted by atomic mass is 19.1. The van der Waals surface area contributed by atoms with E-state index >= 15 is 0 Å². The van der Waals surface area contributed by atoms with E-state index in [9.17, 15) is 18.8 Å². The average Bonchev–Trinajstić information content (AvgIpc) is 2.56. The molecule has 0 aromatic heterocycles. The van der Waals surface area contributed by atoms with Crippen LogP contribution in [0.3, 0.4) is 0 Å². The van der Waals surface area contributed by atoms with Crippen molar-refractivity contribution >= 4 is 23.6 Å². The summed E-state index contributed by atoms with van der Waals surface area (Å²) in [7, 11) is 3.03. The third-order valence-electron chi connectivity index (χ3n) is 4.27. The summed E-state index contributed by atoms with van der Waals surface area (Å²) in [5.74, 6) is -2.30. The fourth-order valence-corrected chi connectivity index (χ4v) is 2.85. The maximum Gasteiger partial charge on any atom is 0.319 e. The molecule has 0 bridgehead atoms. The van der Waals surface area contributed by atoms with Crippen LogP contribution in [-0.2, 0) is 4.79 Å². The number of hydrogen-bond donors (Lipinski definition) is 3. The van der Waals surface area contributed by atoms with Gasteiger partial charge in [-0.1, -0.05) is 0 Å². The van der Waals surface area contributed by atoms with E-state index in [-0.39, 0.29) is 17.5 Å². The molecule has 3 N–H and O–H groups in total. The fourth-order valence-electron chi connectivity index (χ4n) is 2.85. The van der Waals surface area contributed by atoms with E-state index in [1.54, 1.807) is 0 Å². The Morgan fingerprint density at radius 1 is 1.16 bits per heavy atom. The molecule has 1 saturated carbocycles. The number of rotatable bonds is 4. The minimum Gasteiger partial charge on any atom is -0.481 e. The number of aliphatic carboxylic acids is 1. The predicted molar refractivity (Wildman–Crippen MR) is 90.0 cm³/mol. The van der Waals surface area contributed by atoms with E-state index in [4.69, 9.17) is 5.11 Å². The second-order valence-corrected chi connectivity index (χ2v) is 6.38. The monoisotopic (exact) mass is 351 g/mol. The van der Waals surface area contributed by atoms with Crippen LogP contribution in [0.15, 0.2) is 18.2 Å². The van der Waals surface area contributed by atoms with Gasteiger partial charge in [-0.15, -0.1) is 0 Å². The number of nitrogens with zero attached hydrogens (tertiary/aromatic N) is 1. The van der Waals surface area contributed by atoms with Crippen molar-refractivity contribution in [2.24, 2.45) is 5.92 Å². The third-order valence-corrected chi connectivity index (χ3v) is 4.27. The molecule has 2 rings (SSSR count). The summed E-state index contributed by atoms with van der Waals surface area (Å²) < 4.78 is 13.8. The van der Waals surface area contributed by atoms with Gasteiger partial charge in [-0.05, 0) is 43.9 Å². The van der Waals surface area contributed by atoms with Crippen LogP contribution in [0.2, 0.25) is 0 Å². The molecule has 0 heterocycles. The van der Waals surface area contributed by atoms with Crippen LogP contribution in [0.1, 0.15) is 36.0 Å². The van der Waals surface area contributed by atoms with Gasteiger partial charge in [0.1, 0.15) is 5.82 Å². The van der Waals surface area contributed by atoms with Crippen LogP contribution in [-0.4, -0.2) is 48.1 Å². The first-order chi connectivity index (χ1) is 11.8. The van der Waals surface area contributed by atoms with E-state index < -0.39 is 23.7 Å². The molecule has 136 valence electrons. The highest BCUT2D eigenvalue weighted by molar-refractivity contribution is 5.97. The van der Waals surface area contributed by atoms with E-state index in [1.165, 1.54) is 31.1 Å². The molecule has 1 aromatic carbocycles. The molecule has 0 aliphatic heterocycles. The Bertz CT molecular complexity index is 670. The summed E-state index contributed by atoms with van der Waals surface area (Å²) in [6.07, 6.45) is 2.24. The van der Waals surface area contributed by atoms with Crippen LogP contribution in [0.5, 0.6) is 0 Å². The summed E-state index contributed by atoms with van der Waals surface area (Å²) in [6.45, 7) is 0. The smallest absolute Gasteiger partial charge is 0.319 e. The number of hydrogen-bond acceptors (Lipinski definition) is 3. The van der Waals surface area contributed by atoms with Crippen molar-refractivity contribution in [2.75, 3.05) is 19.4 Å². The number of urea groups is 1. The van der Waals surface area contributed by atoms with E-state index in [1.807, 2.05) is 0 Å². The quantitative estimate of drug-likeness (QED) is 0.775. The Kier molecular flexibility index (Phi) is 5.95. The van der Waals surface area contributed by atoms with Crippen molar-refractivity contribution in [3.63, 3.8) is 0 Å². The number of nitrogens with one attached hydrogen (secondary N) is 2. The van der Waals surface area contributed by atoms with Gasteiger partial charge in [-0.3, -0.25) is 9.59 Å². The molecule has 1 aliphatic carbocycles.